The fourth-order valence-corrected chi connectivity index (χ4v) is 0.810. The Morgan fingerprint density at radius 3 is 2.67 bits per heavy atom. The van der Waals surface area contributed by atoms with E-state index in [-0.39, 0.29) is 5.60 Å². The topological polar surface area (TPSA) is 9.23 Å². The second kappa shape index (κ2) is 3.61. The van der Waals surface area contributed by atoms with Gasteiger partial charge in [0.05, 0.1) is 0 Å². The summed E-state index contributed by atoms with van der Waals surface area (Å²) in [4.78, 5) is 0. The van der Waals surface area contributed by atoms with Gasteiger partial charge >= 0.3 is 0 Å². The highest BCUT2D eigenvalue weighted by molar-refractivity contribution is 5.20. The normalized spacial score (nSPS) is 11.2. The lowest BCUT2D eigenvalue weighted by Gasteiger charge is -2.24. The first-order chi connectivity index (χ1) is 5.64. The Balaban J connectivity index is 2.64. The van der Waals surface area contributed by atoms with Gasteiger partial charge in [0.25, 0.3) is 0 Å². The molecular formula is C11H15O. The maximum Gasteiger partial charge on any atom is 0.128 e. The predicted molar refractivity (Wildman–Crippen MR) is 50.3 cm³/mol. The molecule has 0 heterocycles. The van der Waals surface area contributed by atoms with Crippen LogP contribution in [0.2, 0.25) is 0 Å². The maximum absolute atomic E-state index is 5.70. The molecule has 0 amide bonds. The minimum absolute atomic E-state index is 0.0855. The standard InChI is InChI=1S/C11H15O/c1-4-11(2,3)12-10-8-6-5-7-9-10/h5-8H,4H2,1-3H3. The summed E-state index contributed by atoms with van der Waals surface area (Å²) >= 11 is 0. The van der Waals surface area contributed by atoms with Gasteiger partial charge < -0.3 is 4.74 Å². The van der Waals surface area contributed by atoms with Crippen molar-refractivity contribution in [3.05, 3.63) is 30.3 Å². The van der Waals surface area contributed by atoms with E-state index in [0.29, 0.717) is 0 Å². The fourth-order valence-electron chi connectivity index (χ4n) is 0.810. The van der Waals surface area contributed by atoms with Crippen LogP contribution >= 0.6 is 0 Å². The van der Waals surface area contributed by atoms with Gasteiger partial charge in [0.2, 0.25) is 0 Å². The lowest BCUT2D eigenvalue weighted by molar-refractivity contribution is 0.105. The van der Waals surface area contributed by atoms with Crippen molar-refractivity contribution in [2.24, 2.45) is 0 Å². The molecule has 0 bridgehead atoms. The first-order valence-corrected chi connectivity index (χ1v) is 4.30. The van der Waals surface area contributed by atoms with Gasteiger partial charge in [-0.1, -0.05) is 25.1 Å². The lowest BCUT2D eigenvalue weighted by atomic mass is 10.1. The Labute approximate surface area is 74.4 Å². The summed E-state index contributed by atoms with van der Waals surface area (Å²) in [6.07, 6.45) is 0.996. The van der Waals surface area contributed by atoms with E-state index in [1.54, 1.807) is 0 Å². The van der Waals surface area contributed by atoms with Gasteiger partial charge in [-0.25, -0.2) is 0 Å². The molecule has 0 aromatic heterocycles. The molecule has 0 spiro atoms. The molecule has 1 nitrogen and oxygen atoms in total. The Morgan fingerprint density at radius 2 is 2.17 bits per heavy atom. The molecule has 1 aromatic rings. The van der Waals surface area contributed by atoms with Gasteiger partial charge in [0, 0.05) is 6.07 Å². The van der Waals surface area contributed by atoms with E-state index in [0.717, 1.165) is 12.2 Å². The Bertz CT molecular complexity index is 226. The Morgan fingerprint density at radius 1 is 1.42 bits per heavy atom. The highest BCUT2D eigenvalue weighted by Crippen LogP contribution is 2.19. The lowest BCUT2D eigenvalue weighted by Crippen LogP contribution is -2.26. The molecule has 12 heavy (non-hydrogen) atoms. The van der Waals surface area contributed by atoms with Crippen molar-refractivity contribution in [1.82, 2.24) is 0 Å². The SMILES string of the molecule is CCC(C)(C)Oc1[c]cccc1. The van der Waals surface area contributed by atoms with Crippen LogP contribution in [0.15, 0.2) is 24.3 Å². The molecule has 0 unspecified atom stereocenters. The molecule has 1 heteroatoms. The van der Waals surface area contributed by atoms with E-state index in [2.05, 4.69) is 26.8 Å². The van der Waals surface area contributed by atoms with Crippen LogP contribution in [0.1, 0.15) is 27.2 Å². The molecule has 0 aliphatic heterocycles. The third-order valence-electron chi connectivity index (χ3n) is 1.92. The minimum Gasteiger partial charge on any atom is -0.487 e. The molecule has 0 aliphatic carbocycles. The highest BCUT2D eigenvalue weighted by atomic mass is 16.5. The smallest absolute Gasteiger partial charge is 0.128 e. The molecule has 1 aromatic carbocycles. The molecule has 65 valence electrons. The average Bonchev–Trinajstić information content (AvgIpc) is 2.06. The summed E-state index contributed by atoms with van der Waals surface area (Å²) in [6.45, 7) is 6.27. The van der Waals surface area contributed by atoms with Crippen LogP contribution in [0.4, 0.5) is 0 Å². The van der Waals surface area contributed by atoms with Crippen molar-refractivity contribution in [2.75, 3.05) is 0 Å². The van der Waals surface area contributed by atoms with Crippen LogP contribution in [-0.2, 0) is 0 Å². The summed E-state index contributed by atoms with van der Waals surface area (Å²) in [5, 5.41) is 0. The Hall–Kier alpha value is -0.980. The summed E-state index contributed by atoms with van der Waals surface area (Å²) in [5.41, 5.74) is -0.0855. The maximum atomic E-state index is 5.70. The molecule has 0 atom stereocenters. The number of hydrogen-bond donors (Lipinski definition) is 0. The van der Waals surface area contributed by atoms with Crippen molar-refractivity contribution >= 4 is 0 Å². The summed E-state index contributed by atoms with van der Waals surface area (Å²) in [5.74, 6) is 0.823. The molecule has 0 saturated carbocycles. The van der Waals surface area contributed by atoms with E-state index in [1.165, 1.54) is 0 Å². The van der Waals surface area contributed by atoms with Gasteiger partial charge in [-0.2, -0.15) is 0 Å². The quantitative estimate of drug-likeness (QED) is 0.665. The predicted octanol–water partition coefficient (Wildman–Crippen LogP) is 3.05. The van der Waals surface area contributed by atoms with E-state index >= 15 is 0 Å². The van der Waals surface area contributed by atoms with E-state index in [9.17, 15) is 0 Å². The second-order valence-corrected chi connectivity index (χ2v) is 3.44. The average molecular weight is 163 g/mol. The van der Waals surface area contributed by atoms with E-state index in [4.69, 9.17) is 4.74 Å². The first-order valence-electron chi connectivity index (χ1n) is 4.30. The zero-order chi connectivity index (χ0) is 9.03. The van der Waals surface area contributed by atoms with Crippen molar-refractivity contribution in [3.63, 3.8) is 0 Å². The molecule has 0 N–H and O–H groups in total. The van der Waals surface area contributed by atoms with Crippen molar-refractivity contribution in [2.45, 2.75) is 32.8 Å². The van der Waals surface area contributed by atoms with Crippen LogP contribution in [0, 0.1) is 6.07 Å². The van der Waals surface area contributed by atoms with Gasteiger partial charge in [-0.3, -0.25) is 0 Å². The van der Waals surface area contributed by atoms with Crippen molar-refractivity contribution in [1.29, 1.82) is 0 Å². The van der Waals surface area contributed by atoms with Crippen LogP contribution in [0.5, 0.6) is 5.75 Å². The molecule has 0 fully saturated rings. The Kier molecular flexibility index (Phi) is 2.74. The minimum atomic E-state index is -0.0855. The molecule has 1 rings (SSSR count). The summed E-state index contributed by atoms with van der Waals surface area (Å²) < 4.78 is 5.70. The largest absolute Gasteiger partial charge is 0.487 e. The third kappa shape index (κ3) is 2.57. The zero-order valence-electron chi connectivity index (χ0n) is 7.92. The number of para-hydroxylation sites is 1. The number of rotatable bonds is 3. The highest BCUT2D eigenvalue weighted by Gasteiger charge is 2.15. The van der Waals surface area contributed by atoms with Gasteiger partial charge in [0.15, 0.2) is 0 Å². The van der Waals surface area contributed by atoms with Crippen LogP contribution in [-0.4, -0.2) is 5.60 Å². The second-order valence-electron chi connectivity index (χ2n) is 3.44. The summed E-state index contributed by atoms with van der Waals surface area (Å²) in [7, 11) is 0. The summed E-state index contributed by atoms with van der Waals surface area (Å²) in [6, 6.07) is 10.7. The number of hydrogen-bond acceptors (Lipinski definition) is 1. The molecule has 0 saturated heterocycles. The fraction of sp³-hybridized carbons (Fsp3) is 0.455. The molecular weight excluding hydrogens is 148 g/mol. The van der Waals surface area contributed by atoms with Crippen molar-refractivity contribution in [3.8, 4) is 5.75 Å². The van der Waals surface area contributed by atoms with Gasteiger partial charge in [-0.15, -0.1) is 0 Å². The van der Waals surface area contributed by atoms with Crippen LogP contribution in [0.25, 0.3) is 0 Å². The van der Waals surface area contributed by atoms with E-state index < -0.39 is 0 Å². The van der Waals surface area contributed by atoms with Gasteiger partial charge in [0.1, 0.15) is 11.4 Å². The molecule has 0 aliphatic rings. The number of ether oxygens (including phenoxy) is 1. The third-order valence-corrected chi connectivity index (χ3v) is 1.92. The number of benzene rings is 1. The molecule has 1 radical (unpaired) electrons. The van der Waals surface area contributed by atoms with Crippen LogP contribution in [0.3, 0.4) is 0 Å². The van der Waals surface area contributed by atoms with Gasteiger partial charge in [-0.05, 0) is 26.3 Å². The van der Waals surface area contributed by atoms with Crippen LogP contribution < -0.4 is 4.74 Å². The van der Waals surface area contributed by atoms with E-state index in [1.807, 2.05) is 24.3 Å². The zero-order valence-corrected chi connectivity index (χ0v) is 7.92. The van der Waals surface area contributed by atoms with Crippen molar-refractivity contribution < 1.29 is 4.74 Å². The first kappa shape index (κ1) is 9.11. The monoisotopic (exact) mass is 163 g/mol.